The minimum Gasteiger partial charge on any atom is -0.383 e. The largest absolute Gasteiger partial charge is 0.383 e. The number of aromatic nitrogens is 1. The van der Waals surface area contributed by atoms with Gasteiger partial charge < -0.3 is 10.1 Å². The van der Waals surface area contributed by atoms with Gasteiger partial charge in [0.05, 0.1) is 12.3 Å². The van der Waals surface area contributed by atoms with E-state index in [9.17, 15) is 4.79 Å². The molecule has 2 heterocycles. The highest BCUT2D eigenvalue weighted by atomic mass is 32.1. The van der Waals surface area contributed by atoms with Crippen molar-refractivity contribution in [2.75, 3.05) is 45.2 Å². The Morgan fingerprint density at radius 1 is 1.57 bits per heavy atom. The topological polar surface area (TPSA) is 57.7 Å². The van der Waals surface area contributed by atoms with Gasteiger partial charge in [-0.2, -0.15) is 0 Å². The highest BCUT2D eigenvalue weighted by Crippen LogP contribution is 2.18. The first-order chi connectivity index (χ1) is 10.1. The summed E-state index contributed by atoms with van der Waals surface area (Å²) < 4.78 is 5.15. The molecule has 1 atom stereocenters. The fraction of sp³-hybridized carbons (Fsp3) is 0.714. The summed E-state index contributed by atoms with van der Waals surface area (Å²) in [6.45, 7) is 9.53. The molecule has 118 valence electrons. The predicted molar refractivity (Wildman–Crippen MR) is 84.6 cm³/mol. The number of hydrogen-bond donors (Lipinski definition) is 1. The zero-order chi connectivity index (χ0) is 15.2. The summed E-state index contributed by atoms with van der Waals surface area (Å²) in [5.74, 6) is -0.0729. The minimum atomic E-state index is -0.0729. The maximum absolute atomic E-state index is 11.0. The van der Waals surface area contributed by atoms with Crippen molar-refractivity contribution in [3.8, 4) is 0 Å². The monoisotopic (exact) mass is 312 g/mol. The SMILES string of the molecule is COCCN1CCN(Cc2csc(NC(C)=O)n2)C[C@H]1C. The number of nitrogens with one attached hydrogen (secondary N) is 1. The molecule has 0 aliphatic carbocycles. The number of anilines is 1. The number of rotatable bonds is 6. The molecule has 1 fully saturated rings. The summed E-state index contributed by atoms with van der Waals surface area (Å²) >= 11 is 1.48. The van der Waals surface area contributed by atoms with Gasteiger partial charge in [-0.1, -0.05) is 0 Å². The predicted octanol–water partition coefficient (Wildman–Crippen LogP) is 1.25. The smallest absolute Gasteiger partial charge is 0.223 e. The summed E-state index contributed by atoms with van der Waals surface area (Å²) in [5, 5.41) is 5.43. The number of hydrogen-bond acceptors (Lipinski definition) is 6. The van der Waals surface area contributed by atoms with Crippen molar-refractivity contribution in [3.05, 3.63) is 11.1 Å². The maximum Gasteiger partial charge on any atom is 0.223 e. The molecule has 0 aromatic carbocycles. The Labute approximate surface area is 130 Å². The van der Waals surface area contributed by atoms with Crippen LogP contribution in [0.5, 0.6) is 0 Å². The summed E-state index contributed by atoms with van der Waals surface area (Å²) in [7, 11) is 1.75. The molecule has 0 radical (unpaired) electrons. The molecule has 1 N–H and O–H groups in total. The first-order valence-corrected chi connectivity index (χ1v) is 8.13. The van der Waals surface area contributed by atoms with Gasteiger partial charge in [-0.25, -0.2) is 4.98 Å². The van der Waals surface area contributed by atoms with Crippen LogP contribution in [-0.2, 0) is 16.1 Å². The number of ether oxygens (including phenoxy) is 1. The summed E-state index contributed by atoms with van der Waals surface area (Å²) in [6, 6.07) is 0.530. The molecular formula is C14H24N4O2S. The van der Waals surface area contributed by atoms with Gasteiger partial charge in [0.2, 0.25) is 5.91 Å². The molecule has 0 spiro atoms. The van der Waals surface area contributed by atoms with Gasteiger partial charge in [-0.15, -0.1) is 11.3 Å². The molecule has 1 saturated heterocycles. The van der Waals surface area contributed by atoms with Gasteiger partial charge in [0.25, 0.3) is 0 Å². The van der Waals surface area contributed by atoms with Crippen LogP contribution in [-0.4, -0.2) is 66.6 Å². The van der Waals surface area contributed by atoms with E-state index < -0.39 is 0 Å². The van der Waals surface area contributed by atoms with E-state index in [1.54, 1.807) is 7.11 Å². The van der Waals surface area contributed by atoms with E-state index in [1.165, 1.54) is 18.3 Å². The van der Waals surface area contributed by atoms with Crippen molar-refractivity contribution in [1.29, 1.82) is 0 Å². The Kier molecular flexibility index (Phi) is 6.10. The van der Waals surface area contributed by atoms with E-state index in [-0.39, 0.29) is 5.91 Å². The number of thiazole rings is 1. The van der Waals surface area contributed by atoms with Crippen LogP contribution in [0.1, 0.15) is 19.5 Å². The molecule has 7 heteroatoms. The third-order valence-electron chi connectivity index (χ3n) is 3.65. The van der Waals surface area contributed by atoms with E-state index in [1.807, 2.05) is 5.38 Å². The van der Waals surface area contributed by atoms with Crippen molar-refractivity contribution in [1.82, 2.24) is 14.8 Å². The van der Waals surface area contributed by atoms with Gasteiger partial charge in [0.1, 0.15) is 0 Å². The van der Waals surface area contributed by atoms with E-state index in [0.717, 1.165) is 45.0 Å². The molecule has 1 aliphatic rings. The number of carbonyl (C=O) groups excluding carboxylic acids is 1. The molecule has 1 aromatic rings. The number of methoxy groups -OCH3 is 1. The molecule has 1 amide bonds. The molecule has 1 aliphatic heterocycles. The van der Waals surface area contributed by atoms with Crippen molar-refractivity contribution < 1.29 is 9.53 Å². The third-order valence-corrected chi connectivity index (χ3v) is 4.46. The lowest BCUT2D eigenvalue weighted by Gasteiger charge is -2.39. The lowest BCUT2D eigenvalue weighted by Crippen LogP contribution is -2.52. The van der Waals surface area contributed by atoms with Crippen LogP contribution in [0, 0.1) is 0 Å². The van der Waals surface area contributed by atoms with Gasteiger partial charge in [-0.05, 0) is 6.92 Å². The number of piperazine rings is 1. The zero-order valence-electron chi connectivity index (χ0n) is 13.0. The Bertz CT molecular complexity index is 466. The van der Waals surface area contributed by atoms with Gasteiger partial charge in [0.15, 0.2) is 5.13 Å². The molecule has 21 heavy (non-hydrogen) atoms. The molecule has 2 rings (SSSR count). The average molecular weight is 312 g/mol. The molecule has 0 unspecified atom stereocenters. The van der Waals surface area contributed by atoms with E-state index >= 15 is 0 Å². The van der Waals surface area contributed by atoms with Crippen LogP contribution >= 0.6 is 11.3 Å². The standard InChI is InChI=1S/C14H24N4O2S/c1-11-8-17(4-5-18(11)6-7-20-3)9-13-10-21-14(16-13)15-12(2)19/h10-11H,4-9H2,1-3H3,(H,15,16,19)/t11-/m1/s1. The second-order valence-electron chi connectivity index (χ2n) is 5.44. The molecule has 6 nitrogen and oxygen atoms in total. The number of carbonyl (C=O) groups is 1. The Hall–Kier alpha value is -1.02. The average Bonchev–Trinajstić information content (AvgIpc) is 2.84. The fourth-order valence-electron chi connectivity index (χ4n) is 2.57. The van der Waals surface area contributed by atoms with Gasteiger partial charge in [-0.3, -0.25) is 14.6 Å². The Balaban J connectivity index is 1.82. The van der Waals surface area contributed by atoms with Crippen molar-refractivity contribution in [3.63, 3.8) is 0 Å². The Morgan fingerprint density at radius 2 is 2.38 bits per heavy atom. The van der Waals surface area contributed by atoms with Crippen molar-refractivity contribution in [2.45, 2.75) is 26.4 Å². The van der Waals surface area contributed by atoms with Crippen LogP contribution < -0.4 is 5.32 Å². The van der Waals surface area contributed by atoms with Crippen LogP contribution in [0.15, 0.2) is 5.38 Å². The van der Waals surface area contributed by atoms with E-state index in [2.05, 4.69) is 27.0 Å². The highest BCUT2D eigenvalue weighted by molar-refractivity contribution is 7.13. The van der Waals surface area contributed by atoms with Crippen LogP contribution in [0.25, 0.3) is 0 Å². The van der Waals surface area contributed by atoms with Crippen molar-refractivity contribution >= 4 is 22.4 Å². The van der Waals surface area contributed by atoms with Crippen molar-refractivity contribution in [2.24, 2.45) is 0 Å². The molecular weight excluding hydrogens is 288 g/mol. The molecule has 0 saturated carbocycles. The summed E-state index contributed by atoms with van der Waals surface area (Å²) in [4.78, 5) is 20.3. The normalized spacial score (nSPS) is 20.6. The zero-order valence-corrected chi connectivity index (χ0v) is 13.8. The quantitative estimate of drug-likeness (QED) is 0.857. The summed E-state index contributed by atoms with van der Waals surface area (Å²) in [5.41, 5.74) is 1.03. The minimum absolute atomic E-state index is 0.0729. The Morgan fingerprint density at radius 3 is 3.05 bits per heavy atom. The first kappa shape index (κ1) is 16.4. The molecule has 0 bridgehead atoms. The van der Waals surface area contributed by atoms with Crippen LogP contribution in [0.3, 0.4) is 0 Å². The third kappa shape index (κ3) is 5.03. The maximum atomic E-state index is 11.0. The van der Waals surface area contributed by atoms with Crippen LogP contribution in [0.4, 0.5) is 5.13 Å². The lowest BCUT2D eigenvalue weighted by atomic mass is 10.2. The van der Waals surface area contributed by atoms with Gasteiger partial charge >= 0.3 is 0 Å². The second kappa shape index (κ2) is 7.84. The second-order valence-corrected chi connectivity index (χ2v) is 6.30. The number of nitrogens with zero attached hydrogens (tertiary/aromatic N) is 3. The summed E-state index contributed by atoms with van der Waals surface area (Å²) in [6.07, 6.45) is 0. The highest BCUT2D eigenvalue weighted by Gasteiger charge is 2.23. The van der Waals surface area contributed by atoms with Crippen LogP contribution in [0.2, 0.25) is 0 Å². The fourth-order valence-corrected chi connectivity index (χ4v) is 3.32. The lowest BCUT2D eigenvalue weighted by molar-refractivity contribution is -0.114. The molecule has 1 aromatic heterocycles. The van der Waals surface area contributed by atoms with Gasteiger partial charge in [0, 0.05) is 58.2 Å². The first-order valence-electron chi connectivity index (χ1n) is 7.26. The van der Waals surface area contributed by atoms with E-state index in [0.29, 0.717) is 11.2 Å². The number of amides is 1. The van der Waals surface area contributed by atoms with E-state index in [4.69, 9.17) is 4.74 Å².